The highest BCUT2D eigenvalue weighted by Crippen LogP contribution is 2.32. The van der Waals surface area contributed by atoms with Crippen LogP contribution in [0.4, 0.5) is 17.1 Å². The molecule has 168 valence electrons. The van der Waals surface area contributed by atoms with E-state index in [2.05, 4.69) is 14.8 Å². The van der Waals surface area contributed by atoms with E-state index in [1.807, 2.05) is 42.2 Å². The number of aryl methyl sites for hydroxylation is 1. The molecule has 2 aromatic carbocycles. The van der Waals surface area contributed by atoms with Crippen molar-refractivity contribution >= 4 is 44.8 Å². The Hall–Kier alpha value is -3.24. The fourth-order valence-electron chi connectivity index (χ4n) is 3.67. The van der Waals surface area contributed by atoms with Crippen LogP contribution in [0.2, 0.25) is 0 Å². The molecule has 4 rings (SSSR count). The van der Waals surface area contributed by atoms with Crippen molar-refractivity contribution in [1.29, 1.82) is 0 Å². The van der Waals surface area contributed by atoms with Gasteiger partial charge in [0.15, 0.2) is 5.71 Å². The molecule has 2 aliphatic rings. The molecule has 0 spiro atoms. The highest BCUT2D eigenvalue weighted by molar-refractivity contribution is 7.92. The van der Waals surface area contributed by atoms with Gasteiger partial charge in [-0.05, 0) is 37.1 Å². The number of nitrogens with one attached hydrogen (secondary N) is 1. The summed E-state index contributed by atoms with van der Waals surface area (Å²) in [4.78, 5) is 6.59. The summed E-state index contributed by atoms with van der Waals surface area (Å²) in [5.74, 6) is 0.391. The molecule has 0 amide bonds. The first-order valence-electron chi connectivity index (χ1n) is 10.3. The predicted octanol–water partition coefficient (Wildman–Crippen LogP) is 1.58. The van der Waals surface area contributed by atoms with Crippen LogP contribution in [-0.2, 0) is 16.6 Å². The number of amidine groups is 1. The van der Waals surface area contributed by atoms with E-state index in [-0.39, 0.29) is 6.10 Å². The van der Waals surface area contributed by atoms with Crippen LogP contribution in [-0.4, -0.2) is 61.4 Å². The first-order valence-corrected chi connectivity index (χ1v) is 12.2. The zero-order chi connectivity index (χ0) is 22.9. The Balaban J connectivity index is 1.64. The third-order valence-corrected chi connectivity index (χ3v) is 5.95. The number of hydrazone groups is 1. The quantitative estimate of drug-likeness (QED) is 0.571. The van der Waals surface area contributed by atoms with E-state index in [0.717, 1.165) is 17.5 Å². The van der Waals surface area contributed by atoms with Crippen molar-refractivity contribution in [2.75, 3.05) is 29.0 Å². The number of nitrogens with zero attached hydrogens (tertiary/aromatic N) is 4. The molecular formula is C22H27N6O3S+. The third kappa shape index (κ3) is 5.14. The van der Waals surface area contributed by atoms with Gasteiger partial charge in [-0.2, -0.15) is 0 Å². The topological polar surface area (TPSA) is 123 Å². The molecule has 0 aliphatic carbocycles. The molecule has 4 N–H and O–H groups in total. The molecule has 1 fully saturated rings. The molecule has 2 aromatic rings. The number of benzene rings is 2. The average Bonchev–Trinajstić information content (AvgIpc) is 3.30. The number of hydrogen-bond donors (Lipinski definition) is 3. The highest BCUT2D eigenvalue weighted by Gasteiger charge is 2.24. The van der Waals surface area contributed by atoms with Gasteiger partial charge in [-0.15, -0.1) is 4.68 Å². The Kier molecular flexibility index (Phi) is 5.98. The summed E-state index contributed by atoms with van der Waals surface area (Å²) >= 11 is 0. The average molecular weight is 456 g/mol. The normalized spacial score (nSPS) is 19.9. The van der Waals surface area contributed by atoms with Crippen molar-refractivity contribution in [2.45, 2.75) is 26.0 Å². The summed E-state index contributed by atoms with van der Waals surface area (Å²) in [5.41, 5.74) is 10.6. The molecular weight excluding hydrogens is 428 g/mol. The van der Waals surface area contributed by atoms with Crippen LogP contribution < -0.4 is 15.4 Å². The van der Waals surface area contributed by atoms with Crippen molar-refractivity contribution in [3.8, 4) is 0 Å². The Morgan fingerprint density at radius 3 is 2.69 bits per heavy atom. The number of aliphatic hydroxyl groups excluding tert-OH is 1. The molecule has 2 heterocycles. The molecule has 1 saturated heterocycles. The Morgan fingerprint density at radius 2 is 2.03 bits per heavy atom. The molecule has 32 heavy (non-hydrogen) atoms. The zero-order valence-corrected chi connectivity index (χ0v) is 18.9. The minimum Gasteiger partial charge on any atom is -0.391 e. The molecule has 10 heteroatoms. The van der Waals surface area contributed by atoms with Crippen LogP contribution in [0.15, 0.2) is 52.6 Å². The van der Waals surface area contributed by atoms with Crippen LogP contribution in [0.25, 0.3) is 0 Å². The lowest BCUT2D eigenvalue weighted by molar-refractivity contribution is -0.546. The number of β-amino-alcohol motifs (C(OH)–C–C–N with tert-alkyl or cyclic N) is 1. The van der Waals surface area contributed by atoms with E-state index in [1.165, 1.54) is 5.56 Å². The second kappa shape index (κ2) is 8.71. The van der Waals surface area contributed by atoms with E-state index in [4.69, 9.17) is 5.73 Å². The van der Waals surface area contributed by atoms with Gasteiger partial charge in [-0.1, -0.05) is 34.9 Å². The molecule has 0 aromatic heterocycles. The third-order valence-electron chi connectivity index (χ3n) is 5.36. The number of rotatable bonds is 6. The number of aliphatic imine (C=N–C) groups is 1. The lowest BCUT2D eigenvalue weighted by Crippen LogP contribution is -2.28. The second-order valence-corrected chi connectivity index (χ2v) is 9.88. The lowest BCUT2D eigenvalue weighted by Gasteiger charge is -2.19. The van der Waals surface area contributed by atoms with Crippen LogP contribution in [0.1, 0.15) is 17.5 Å². The lowest BCUT2D eigenvalue weighted by atomic mass is 10.1. The first kappa shape index (κ1) is 22.0. The van der Waals surface area contributed by atoms with Crippen molar-refractivity contribution < 1.29 is 18.2 Å². The maximum absolute atomic E-state index is 11.9. The van der Waals surface area contributed by atoms with Gasteiger partial charge in [0.05, 0.1) is 23.7 Å². The number of aliphatic hydroxyl groups is 1. The fraction of sp³-hybridized carbons (Fsp3) is 0.318. The minimum absolute atomic E-state index is 0.345. The van der Waals surface area contributed by atoms with Crippen molar-refractivity contribution in [2.24, 2.45) is 15.8 Å². The van der Waals surface area contributed by atoms with Gasteiger partial charge in [0.2, 0.25) is 10.0 Å². The summed E-state index contributed by atoms with van der Waals surface area (Å²) < 4.78 is 28.1. The van der Waals surface area contributed by atoms with Gasteiger partial charge < -0.3 is 10.0 Å². The van der Waals surface area contributed by atoms with Crippen LogP contribution in [0.5, 0.6) is 0 Å². The van der Waals surface area contributed by atoms with Gasteiger partial charge in [-0.3, -0.25) is 10.5 Å². The molecule has 1 unspecified atom stereocenters. The number of nitrogens with two attached hydrogens (primary N) is 1. The molecule has 0 radical (unpaired) electrons. The van der Waals surface area contributed by atoms with Gasteiger partial charge in [-0.25, -0.2) is 13.4 Å². The van der Waals surface area contributed by atoms with Crippen LogP contribution >= 0.6 is 0 Å². The molecule has 2 aliphatic heterocycles. The molecule has 1 atom stereocenters. The first-order chi connectivity index (χ1) is 15.2. The zero-order valence-electron chi connectivity index (χ0n) is 18.1. The van der Waals surface area contributed by atoms with Gasteiger partial charge in [0, 0.05) is 18.8 Å². The Labute approximate surface area is 187 Å². The van der Waals surface area contributed by atoms with Gasteiger partial charge in [0.25, 0.3) is 0 Å². The molecule has 0 saturated carbocycles. The van der Waals surface area contributed by atoms with Gasteiger partial charge in [0.1, 0.15) is 12.8 Å². The second-order valence-electron chi connectivity index (χ2n) is 8.13. The number of anilines is 2. The van der Waals surface area contributed by atoms with Gasteiger partial charge >= 0.3 is 5.84 Å². The summed E-state index contributed by atoms with van der Waals surface area (Å²) in [7, 11) is -3.52. The smallest absolute Gasteiger partial charge is 0.321 e. The highest BCUT2D eigenvalue weighted by atomic mass is 32.2. The van der Waals surface area contributed by atoms with E-state index < -0.39 is 10.0 Å². The van der Waals surface area contributed by atoms with Crippen molar-refractivity contribution in [3.05, 3.63) is 53.6 Å². The molecule has 9 nitrogen and oxygen atoms in total. The van der Waals surface area contributed by atoms with Crippen LogP contribution in [0.3, 0.4) is 0 Å². The summed E-state index contributed by atoms with van der Waals surface area (Å²) in [6.45, 7) is 3.75. The standard InChI is InChI=1S/C22H26N6O3S/c1-15-3-5-16(6-4-15)13-28-22(23)21(12-24-28)25-19-8-7-17(27-10-9-18(29)14-27)11-20(19)26-32(2,30)31/h3-8,11-12,18,29H,9-10,13-14H2,1-2H3,(H2,23,24,26)/p+1. The summed E-state index contributed by atoms with van der Waals surface area (Å²) in [5, 5.41) is 14.2. The number of sulfonamides is 1. The van der Waals surface area contributed by atoms with E-state index in [0.29, 0.717) is 49.0 Å². The SMILES string of the molecule is Cc1ccc(C[N+]2=C(N)C(=Nc3ccc(N4CCC(O)C4)cc3NS(C)(=O)=O)C=N2)cc1. The Morgan fingerprint density at radius 1 is 1.28 bits per heavy atom. The van der Waals surface area contributed by atoms with E-state index >= 15 is 0 Å². The van der Waals surface area contributed by atoms with Crippen LogP contribution in [0, 0.1) is 6.92 Å². The summed E-state index contributed by atoms with van der Waals surface area (Å²) in [6, 6.07) is 13.4. The summed E-state index contributed by atoms with van der Waals surface area (Å²) in [6.07, 6.45) is 2.96. The monoisotopic (exact) mass is 455 g/mol. The van der Waals surface area contributed by atoms with E-state index in [9.17, 15) is 13.5 Å². The largest absolute Gasteiger partial charge is 0.391 e. The maximum Gasteiger partial charge on any atom is 0.321 e. The molecule has 0 bridgehead atoms. The Bertz CT molecular complexity index is 1220. The maximum atomic E-state index is 11.9. The van der Waals surface area contributed by atoms with Crippen molar-refractivity contribution in [3.63, 3.8) is 0 Å². The number of hydrogen-bond acceptors (Lipinski definition) is 7. The fourth-order valence-corrected chi connectivity index (χ4v) is 4.23. The van der Waals surface area contributed by atoms with Crippen molar-refractivity contribution in [1.82, 2.24) is 0 Å². The minimum atomic E-state index is -3.52. The predicted molar refractivity (Wildman–Crippen MR) is 128 cm³/mol. The van der Waals surface area contributed by atoms with E-state index in [1.54, 1.807) is 23.0 Å².